The van der Waals surface area contributed by atoms with Crippen molar-refractivity contribution in [3.63, 3.8) is 0 Å². The number of alkyl carbamates (subject to hydrolysis) is 1. The number of halogens is 4. The quantitative estimate of drug-likeness (QED) is 0.803. The zero-order valence-electron chi connectivity index (χ0n) is 10.9. The molecule has 116 valence electrons. The Morgan fingerprint density at radius 2 is 2.10 bits per heavy atom. The largest absolute Gasteiger partial charge is 0.450 e. The van der Waals surface area contributed by atoms with Crippen LogP contribution >= 0.6 is 0 Å². The molecule has 1 saturated heterocycles. The summed E-state index contributed by atoms with van der Waals surface area (Å²) in [6.07, 6.45) is -3.98. The summed E-state index contributed by atoms with van der Waals surface area (Å²) in [6.45, 7) is 1.46. The first-order chi connectivity index (χ1) is 9.28. The normalized spacial score (nSPS) is 19.9. The van der Waals surface area contributed by atoms with Gasteiger partial charge in [0, 0.05) is 19.1 Å². The van der Waals surface area contributed by atoms with Crippen LogP contribution in [0.4, 0.5) is 22.4 Å². The third-order valence-electron chi connectivity index (χ3n) is 2.87. The minimum atomic E-state index is -4.70. The van der Waals surface area contributed by atoms with Gasteiger partial charge in [0.25, 0.3) is 5.91 Å². The Morgan fingerprint density at radius 1 is 1.45 bits per heavy atom. The van der Waals surface area contributed by atoms with Crippen LogP contribution in [0.3, 0.4) is 0 Å². The SMILES string of the molecule is CCOC(=O)NC1CCCN(C(=O)C(F)(F)C(F)F)C1. The molecule has 0 aromatic heterocycles. The van der Waals surface area contributed by atoms with Crippen LogP contribution in [-0.2, 0) is 9.53 Å². The van der Waals surface area contributed by atoms with Crippen LogP contribution in [0.1, 0.15) is 19.8 Å². The predicted molar refractivity (Wildman–Crippen MR) is 60.7 cm³/mol. The van der Waals surface area contributed by atoms with E-state index < -0.39 is 30.4 Å². The summed E-state index contributed by atoms with van der Waals surface area (Å²) in [6, 6.07) is -0.583. The molecule has 2 amide bonds. The Balaban J connectivity index is 2.60. The summed E-state index contributed by atoms with van der Waals surface area (Å²) in [5.41, 5.74) is 0. The van der Waals surface area contributed by atoms with Crippen molar-refractivity contribution in [3.05, 3.63) is 0 Å². The second kappa shape index (κ2) is 6.76. The fraction of sp³-hybridized carbons (Fsp3) is 0.818. The first-order valence-electron chi connectivity index (χ1n) is 6.17. The lowest BCUT2D eigenvalue weighted by Crippen LogP contribution is -2.55. The topological polar surface area (TPSA) is 58.6 Å². The zero-order valence-corrected chi connectivity index (χ0v) is 10.9. The number of carbonyl (C=O) groups is 2. The molecule has 0 spiro atoms. The molecule has 1 rings (SSSR count). The second-order valence-corrected chi connectivity index (χ2v) is 4.38. The molecule has 1 fully saturated rings. The van der Waals surface area contributed by atoms with Gasteiger partial charge >= 0.3 is 18.4 Å². The number of amides is 2. The number of hydrogen-bond acceptors (Lipinski definition) is 3. The van der Waals surface area contributed by atoms with Crippen LogP contribution in [0.5, 0.6) is 0 Å². The van der Waals surface area contributed by atoms with Gasteiger partial charge in [0.2, 0.25) is 0 Å². The minimum absolute atomic E-state index is 0.0395. The number of piperidine rings is 1. The number of nitrogens with zero attached hydrogens (tertiary/aromatic N) is 1. The second-order valence-electron chi connectivity index (χ2n) is 4.38. The van der Waals surface area contributed by atoms with Crippen molar-refractivity contribution in [2.75, 3.05) is 19.7 Å². The van der Waals surface area contributed by atoms with E-state index in [4.69, 9.17) is 0 Å². The van der Waals surface area contributed by atoms with E-state index in [1.165, 1.54) is 0 Å². The highest BCUT2D eigenvalue weighted by Crippen LogP contribution is 2.26. The lowest BCUT2D eigenvalue weighted by molar-refractivity contribution is -0.181. The number of alkyl halides is 4. The lowest BCUT2D eigenvalue weighted by atomic mass is 10.1. The Hall–Kier alpha value is -1.54. The summed E-state index contributed by atoms with van der Waals surface area (Å²) in [5, 5.41) is 2.40. The van der Waals surface area contributed by atoms with Crippen LogP contribution in [-0.4, -0.2) is 55.0 Å². The molecule has 0 saturated carbocycles. The number of nitrogens with one attached hydrogen (secondary N) is 1. The summed E-state index contributed by atoms with van der Waals surface area (Å²) in [5.74, 6) is -6.62. The Kier molecular flexibility index (Phi) is 5.58. The maximum atomic E-state index is 13.0. The molecule has 0 bridgehead atoms. The van der Waals surface area contributed by atoms with Gasteiger partial charge in [-0.3, -0.25) is 4.79 Å². The van der Waals surface area contributed by atoms with E-state index in [2.05, 4.69) is 10.1 Å². The van der Waals surface area contributed by atoms with Crippen molar-refractivity contribution in [1.82, 2.24) is 10.2 Å². The van der Waals surface area contributed by atoms with Gasteiger partial charge in [-0.25, -0.2) is 13.6 Å². The van der Waals surface area contributed by atoms with Crippen LogP contribution in [0.2, 0.25) is 0 Å². The molecule has 1 heterocycles. The first-order valence-corrected chi connectivity index (χ1v) is 6.17. The summed E-state index contributed by atoms with van der Waals surface area (Å²) < 4.78 is 54.9. The number of likely N-dealkylation sites (tertiary alicyclic amines) is 1. The minimum Gasteiger partial charge on any atom is -0.450 e. The average molecular weight is 300 g/mol. The Morgan fingerprint density at radius 3 is 2.65 bits per heavy atom. The Labute approximate surface area is 113 Å². The maximum Gasteiger partial charge on any atom is 0.407 e. The number of rotatable bonds is 4. The number of ether oxygens (including phenoxy) is 1. The molecule has 1 N–H and O–H groups in total. The fourth-order valence-electron chi connectivity index (χ4n) is 1.92. The molecular weight excluding hydrogens is 284 g/mol. The third-order valence-corrected chi connectivity index (χ3v) is 2.87. The molecule has 0 radical (unpaired) electrons. The number of hydrogen-bond donors (Lipinski definition) is 1. The smallest absolute Gasteiger partial charge is 0.407 e. The van der Waals surface area contributed by atoms with E-state index in [0.717, 1.165) is 0 Å². The molecule has 20 heavy (non-hydrogen) atoms. The molecular formula is C11H16F4N2O3. The molecule has 1 atom stereocenters. The van der Waals surface area contributed by atoms with E-state index in [0.29, 0.717) is 17.7 Å². The van der Waals surface area contributed by atoms with Crippen molar-refractivity contribution >= 4 is 12.0 Å². The fourth-order valence-corrected chi connectivity index (χ4v) is 1.92. The number of carbonyl (C=O) groups excluding carboxylic acids is 2. The molecule has 0 aromatic rings. The standard InChI is InChI=1S/C11H16F4N2O3/c1-2-20-10(19)16-7-4-3-5-17(6-7)9(18)11(14,15)8(12)13/h7-8H,2-6H2,1H3,(H,16,19). The van der Waals surface area contributed by atoms with E-state index in [1.807, 2.05) is 0 Å². The third kappa shape index (κ3) is 3.97. The monoisotopic (exact) mass is 300 g/mol. The summed E-state index contributed by atoms with van der Waals surface area (Å²) >= 11 is 0. The average Bonchev–Trinajstić information content (AvgIpc) is 2.38. The van der Waals surface area contributed by atoms with Gasteiger partial charge < -0.3 is 15.0 Å². The zero-order chi connectivity index (χ0) is 15.3. The summed E-state index contributed by atoms with van der Waals surface area (Å²) in [4.78, 5) is 23.2. The van der Waals surface area contributed by atoms with Crippen molar-refractivity contribution in [3.8, 4) is 0 Å². The highest BCUT2D eigenvalue weighted by molar-refractivity contribution is 5.84. The van der Waals surface area contributed by atoms with E-state index in [-0.39, 0.29) is 19.7 Å². The molecule has 1 unspecified atom stereocenters. The molecule has 9 heteroatoms. The van der Waals surface area contributed by atoms with Gasteiger partial charge in [0.1, 0.15) is 0 Å². The molecule has 5 nitrogen and oxygen atoms in total. The van der Waals surface area contributed by atoms with Crippen LogP contribution in [0.25, 0.3) is 0 Å². The summed E-state index contributed by atoms with van der Waals surface area (Å²) in [7, 11) is 0. The first kappa shape index (κ1) is 16.5. The van der Waals surface area contributed by atoms with Crippen LogP contribution in [0.15, 0.2) is 0 Å². The molecule has 1 aliphatic rings. The van der Waals surface area contributed by atoms with E-state index >= 15 is 0 Å². The molecule has 0 aromatic carbocycles. The van der Waals surface area contributed by atoms with Gasteiger partial charge in [-0.05, 0) is 19.8 Å². The van der Waals surface area contributed by atoms with Crippen LogP contribution in [0, 0.1) is 0 Å². The van der Waals surface area contributed by atoms with Gasteiger partial charge in [0.15, 0.2) is 0 Å². The maximum absolute atomic E-state index is 13.0. The van der Waals surface area contributed by atoms with Crippen molar-refractivity contribution < 1.29 is 31.9 Å². The lowest BCUT2D eigenvalue weighted by Gasteiger charge is -2.34. The van der Waals surface area contributed by atoms with E-state index in [1.54, 1.807) is 6.92 Å². The van der Waals surface area contributed by atoms with E-state index in [9.17, 15) is 27.2 Å². The predicted octanol–water partition coefficient (Wildman–Crippen LogP) is 1.62. The van der Waals surface area contributed by atoms with Gasteiger partial charge in [0.05, 0.1) is 6.61 Å². The Bertz CT molecular complexity index is 366. The van der Waals surface area contributed by atoms with Crippen molar-refractivity contribution in [2.24, 2.45) is 0 Å². The van der Waals surface area contributed by atoms with Crippen LogP contribution < -0.4 is 5.32 Å². The molecule has 0 aliphatic carbocycles. The highest BCUT2D eigenvalue weighted by atomic mass is 19.3. The van der Waals surface area contributed by atoms with Gasteiger partial charge in [-0.15, -0.1) is 0 Å². The van der Waals surface area contributed by atoms with Gasteiger partial charge in [-0.1, -0.05) is 0 Å². The molecule has 1 aliphatic heterocycles. The van der Waals surface area contributed by atoms with Crippen molar-refractivity contribution in [2.45, 2.75) is 38.2 Å². The van der Waals surface area contributed by atoms with Gasteiger partial charge in [-0.2, -0.15) is 8.78 Å². The van der Waals surface area contributed by atoms with Crippen molar-refractivity contribution in [1.29, 1.82) is 0 Å². The highest BCUT2D eigenvalue weighted by Gasteiger charge is 2.51.